The van der Waals surface area contributed by atoms with Crippen LogP contribution >= 0.6 is 0 Å². The molecule has 0 radical (unpaired) electrons. The monoisotopic (exact) mass is 520 g/mol. The van der Waals surface area contributed by atoms with Gasteiger partial charge in [0.15, 0.2) is 0 Å². The molecule has 8 heteroatoms. The zero-order valence-electron chi connectivity index (χ0n) is 21.9. The van der Waals surface area contributed by atoms with Crippen LogP contribution < -0.4 is 5.32 Å². The van der Waals surface area contributed by atoms with Crippen LogP contribution in [0.3, 0.4) is 0 Å². The van der Waals surface area contributed by atoms with E-state index in [1.807, 2.05) is 67.1 Å². The van der Waals surface area contributed by atoms with Crippen molar-refractivity contribution in [2.45, 2.75) is 25.0 Å². The lowest BCUT2D eigenvalue weighted by Gasteiger charge is -2.28. The predicted octanol–water partition coefficient (Wildman–Crippen LogP) is 4.82. The highest BCUT2D eigenvalue weighted by molar-refractivity contribution is 5.99. The SMILES string of the molecule is CN1CCC(n2cc(-c3cnc4[nH]cc(-c5cccc(C(=O)NC[C@@H](O)c6ccccc6)c5)c4c3)cn2)CC1. The van der Waals surface area contributed by atoms with Crippen LogP contribution in [0, 0.1) is 0 Å². The summed E-state index contributed by atoms with van der Waals surface area (Å²) >= 11 is 0. The summed E-state index contributed by atoms with van der Waals surface area (Å²) in [7, 11) is 2.17. The number of nitrogens with one attached hydrogen (secondary N) is 2. The molecule has 8 nitrogen and oxygen atoms in total. The number of carbonyl (C=O) groups is 1. The van der Waals surface area contributed by atoms with E-state index in [0.29, 0.717) is 11.6 Å². The maximum absolute atomic E-state index is 12.9. The van der Waals surface area contributed by atoms with E-state index in [1.165, 1.54) is 0 Å². The van der Waals surface area contributed by atoms with Gasteiger partial charge in [-0.15, -0.1) is 0 Å². The molecule has 1 aliphatic heterocycles. The van der Waals surface area contributed by atoms with Gasteiger partial charge in [0, 0.05) is 52.8 Å². The minimum Gasteiger partial charge on any atom is -0.387 e. The first-order chi connectivity index (χ1) is 19.0. The molecule has 0 bridgehead atoms. The smallest absolute Gasteiger partial charge is 0.251 e. The van der Waals surface area contributed by atoms with Crippen LogP contribution in [0.5, 0.6) is 0 Å². The molecule has 6 rings (SSSR count). The molecule has 0 saturated carbocycles. The van der Waals surface area contributed by atoms with Crippen LogP contribution in [0.25, 0.3) is 33.3 Å². The van der Waals surface area contributed by atoms with E-state index in [2.05, 4.69) is 49.3 Å². The van der Waals surface area contributed by atoms with E-state index >= 15 is 0 Å². The lowest BCUT2D eigenvalue weighted by molar-refractivity contribution is 0.0916. The van der Waals surface area contributed by atoms with Gasteiger partial charge >= 0.3 is 0 Å². The largest absolute Gasteiger partial charge is 0.387 e. The fraction of sp³-hybridized carbons (Fsp3) is 0.258. The first-order valence-corrected chi connectivity index (χ1v) is 13.4. The Hall–Kier alpha value is -4.27. The second-order valence-corrected chi connectivity index (χ2v) is 10.3. The Balaban J connectivity index is 1.21. The number of rotatable bonds is 7. The quantitative estimate of drug-likeness (QED) is 0.286. The molecule has 198 valence electrons. The maximum atomic E-state index is 12.9. The Bertz CT molecular complexity index is 1580. The van der Waals surface area contributed by atoms with Crippen molar-refractivity contribution in [2.24, 2.45) is 0 Å². The Morgan fingerprint density at radius 1 is 1.05 bits per heavy atom. The van der Waals surface area contributed by atoms with Gasteiger partial charge in [0.05, 0.1) is 18.3 Å². The van der Waals surface area contributed by atoms with Crippen LogP contribution in [0.15, 0.2) is 85.5 Å². The number of aromatic amines is 1. The Labute approximate surface area is 227 Å². The molecule has 4 heterocycles. The van der Waals surface area contributed by atoms with Crippen molar-refractivity contribution in [1.82, 2.24) is 30.0 Å². The Morgan fingerprint density at radius 3 is 2.69 bits per heavy atom. The first-order valence-electron chi connectivity index (χ1n) is 13.4. The molecule has 0 aliphatic carbocycles. The minimum atomic E-state index is -0.764. The van der Waals surface area contributed by atoms with Gasteiger partial charge in [-0.05, 0) is 62.3 Å². The number of H-pyrrole nitrogens is 1. The molecular formula is C31H32N6O2. The number of pyridine rings is 1. The van der Waals surface area contributed by atoms with Crippen molar-refractivity contribution in [2.75, 3.05) is 26.7 Å². The highest BCUT2D eigenvalue weighted by Gasteiger charge is 2.20. The van der Waals surface area contributed by atoms with Crippen molar-refractivity contribution in [3.05, 3.63) is 96.6 Å². The number of likely N-dealkylation sites (tertiary alicyclic amines) is 1. The number of carbonyl (C=O) groups excluding carboxylic acids is 1. The van der Waals surface area contributed by atoms with E-state index in [0.717, 1.165) is 64.8 Å². The van der Waals surface area contributed by atoms with Crippen molar-refractivity contribution >= 4 is 16.9 Å². The maximum Gasteiger partial charge on any atom is 0.251 e. The lowest BCUT2D eigenvalue weighted by Crippen LogP contribution is -2.31. The van der Waals surface area contributed by atoms with Crippen molar-refractivity contribution in [3.63, 3.8) is 0 Å². The number of amides is 1. The number of piperidine rings is 1. The number of nitrogens with zero attached hydrogens (tertiary/aromatic N) is 4. The predicted molar refractivity (Wildman–Crippen MR) is 152 cm³/mol. The lowest BCUT2D eigenvalue weighted by atomic mass is 10.0. The molecule has 39 heavy (non-hydrogen) atoms. The number of hydrogen-bond acceptors (Lipinski definition) is 5. The minimum absolute atomic E-state index is 0.138. The molecule has 1 atom stereocenters. The van der Waals surface area contributed by atoms with Crippen LogP contribution in [0.4, 0.5) is 0 Å². The van der Waals surface area contributed by atoms with Gasteiger partial charge in [-0.3, -0.25) is 9.48 Å². The molecule has 0 unspecified atom stereocenters. The third-order valence-electron chi connectivity index (χ3n) is 7.60. The Morgan fingerprint density at radius 2 is 1.87 bits per heavy atom. The average Bonchev–Trinajstić information content (AvgIpc) is 3.64. The molecule has 1 amide bonds. The normalized spacial score (nSPS) is 15.4. The third kappa shape index (κ3) is 5.34. The fourth-order valence-electron chi connectivity index (χ4n) is 5.26. The molecule has 1 saturated heterocycles. The zero-order chi connectivity index (χ0) is 26.8. The van der Waals surface area contributed by atoms with Gasteiger partial charge in [0.2, 0.25) is 0 Å². The molecule has 0 spiro atoms. The van der Waals surface area contributed by atoms with Gasteiger partial charge in [-0.2, -0.15) is 5.10 Å². The highest BCUT2D eigenvalue weighted by atomic mass is 16.3. The van der Waals surface area contributed by atoms with Crippen LogP contribution in [0.1, 0.15) is 40.9 Å². The van der Waals surface area contributed by atoms with Gasteiger partial charge in [-0.25, -0.2) is 4.98 Å². The number of aliphatic hydroxyl groups excluding tert-OH is 1. The summed E-state index contributed by atoms with van der Waals surface area (Å²) in [5.74, 6) is -0.230. The molecule has 3 aromatic heterocycles. The molecule has 1 aliphatic rings. The van der Waals surface area contributed by atoms with E-state index in [9.17, 15) is 9.90 Å². The highest BCUT2D eigenvalue weighted by Crippen LogP contribution is 2.32. The van der Waals surface area contributed by atoms with Crippen molar-refractivity contribution in [1.29, 1.82) is 0 Å². The summed E-state index contributed by atoms with van der Waals surface area (Å²) in [6.45, 7) is 2.31. The Kier molecular flexibility index (Phi) is 6.96. The average molecular weight is 521 g/mol. The van der Waals surface area contributed by atoms with E-state index in [-0.39, 0.29) is 12.5 Å². The first kappa shape index (κ1) is 25.0. The standard InChI is InChI=1S/C31H32N6O2/c1-36-12-10-26(11-13-36)37-20-25(17-35-37)24-15-27-28(18-33-30(27)32-16-24)22-8-5-9-23(14-22)31(39)34-19-29(38)21-6-3-2-4-7-21/h2-9,14-18,20,26,29,38H,10-13,19H2,1H3,(H,32,33)(H,34,39)/t29-/m1/s1. The number of aliphatic hydroxyl groups is 1. The second kappa shape index (κ2) is 10.8. The van der Waals surface area contributed by atoms with Gasteiger partial charge in [-0.1, -0.05) is 42.5 Å². The second-order valence-electron chi connectivity index (χ2n) is 10.3. The topological polar surface area (TPSA) is 99.1 Å². The number of aromatic nitrogens is 4. The summed E-state index contributed by atoms with van der Waals surface area (Å²) in [5.41, 5.74) is 6.03. The van der Waals surface area contributed by atoms with Gasteiger partial charge in [0.25, 0.3) is 5.91 Å². The molecule has 2 aromatic carbocycles. The third-order valence-corrected chi connectivity index (χ3v) is 7.60. The summed E-state index contributed by atoms with van der Waals surface area (Å²) in [5, 5.41) is 18.9. The van der Waals surface area contributed by atoms with E-state index in [1.54, 1.807) is 6.07 Å². The summed E-state index contributed by atoms with van der Waals surface area (Å²) in [6.07, 6.45) is 9.29. The van der Waals surface area contributed by atoms with Crippen LogP contribution in [-0.4, -0.2) is 62.3 Å². The molecular weight excluding hydrogens is 488 g/mol. The fourth-order valence-corrected chi connectivity index (χ4v) is 5.26. The summed E-state index contributed by atoms with van der Waals surface area (Å²) in [4.78, 5) is 23.2. The summed E-state index contributed by atoms with van der Waals surface area (Å²) in [6, 6.07) is 19.4. The molecule has 3 N–H and O–H groups in total. The number of fused-ring (bicyclic) bond motifs is 1. The zero-order valence-corrected chi connectivity index (χ0v) is 21.9. The van der Waals surface area contributed by atoms with Gasteiger partial charge in [0.1, 0.15) is 5.65 Å². The van der Waals surface area contributed by atoms with Crippen molar-refractivity contribution in [3.8, 4) is 22.3 Å². The number of hydrogen-bond donors (Lipinski definition) is 3. The number of benzene rings is 2. The van der Waals surface area contributed by atoms with Crippen LogP contribution in [-0.2, 0) is 0 Å². The van der Waals surface area contributed by atoms with E-state index in [4.69, 9.17) is 0 Å². The van der Waals surface area contributed by atoms with Gasteiger partial charge < -0.3 is 20.3 Å². The van der Waals surface area contributed by atoms with Crippen molar-refractivity contribution < 1.29 is 9.90 Å². The summed E-state index contributed by atoms with van der Waals surface area (Å²) < 4.78 is 2.10. The molecule has 1 fully saturated rings. The van der Waals surface area contributed by atoms with E-state index < -0.39 is 6.10 Å². The van der Waals surface area contributed by atoms with Crippen LogP contribution in [0.2, 0.25) is 0 Å². The molecule has 5 aromatic rings.